The van der Waals surface area contributed by atoms with Crippen LogP contribution in [0.5, 0.6) is 0 Å². The van der Waals surface area contributed by atoms with Crippen LogP contribution in [0.15, 0.2) is 24.5 Å². The highest BCUT2D eigenvalue weighted by Gasteiger charge is 2.33. The average molecular weight is 303 g/mol. The van der Waals surface area contributed by atoms with Gasteiger partial charge in [0.05, 0.1) is 0 Å². The minimum absolute atomic E-state index is 0.577. The SMILES string of the molecule is CN(C)c1cc[n+](S(=O)(=O)[NH2+]C(=O)OC(C)(C)C)cc1. The van der Waals surface area contributed by atoms with E-state index in [2.05, 4.69) is 0 Å². The second-order valence-electron chi connectivity index (χ2n) is 5.48. The van der Waals surface area contributed by atoms with Crippen LogP contribution in [-0.4, -0.2) is 34.2 Å². The van der Waals surface area contributed by atoms with Crippen molar-refractivity contribution in [3.8, 4) is 0 Å². The molecule has 2 N–H and O–H groups in total. The highest BCUT2D eigenvalue weighted by Crippen LogP contribution is 2.06. The Bertz CT molecular complexity index is 574. The van der Waals surface area contributed by atoms with Gasteiger partial charge in [0.15, 0.2) is 12.4 Å². The molecule has 1 aromatic heterocycles. The van der Waals surface area contributed by atoms with Crippen molar-refractivity contribution in [2.45, 2.75) is 26.4 Å². The molecule has 0 aromatic carbocycles. The van der Waals surface area contributed by atoms with Gasteiger partial charge in [-0.15, -0.1) is 8.42 Å². The lowest BCUT2D eigenvalue weighted by Crippen LogP contribution is -2.96. The number of pyridine rings is 1. The Labute approximate surface area is 119 Å². The van der Waals surface area contributed by atoms with Gasteiger partial charge in [-0.1, -0.05) is 4.72 Å². The predicted molar refractivity (Wildman–Crippen MR) is 73.4 cm³/mol. The van der Waals surface area contributed by atoms with Crippen LogP contribution in [0.2, 0.25) is 0 Å². The summed E-state index contributed by atoms with van der Waals surface area (Å²) in [4.78, 5) is 13.4. The first-order valence-electron chi connectivity index (χ1n) is 6.03. The molecule has 8 heteroatoms. The van der Waals surface area contributed by atoms with Crippen LogP contribution < -0.4 is 13.6 Å². The Morgan fingerprint density at radius 1 is 1.25 bits per heavy atom. The summed E-state index contributed by atoms with van der Waals surface area (Å²) in [6, 6.07) is 3.28. The Kier molecular flexibility index (Phi) is 4.72. The zero-order chi connectivity index (χ0) is 15.6. The first kappa shape index (κ1) is 16.4. The normalized spacial score (nSPS) is 12.1. The molecular weight excluding hydrogens is 282 g/mol. The second kappa shape index (κ2) is 5.76. The number of rotatable bonds is 3. The summed E-state index contributed by atoms with van der Waals surface area (Å²) in [5.41, 5.74) is 0.122. The van der Waals surface area contributed by atoms with Gasteiger partial charge in [-0.3, -0.25) is 0 Å². The van der Waals surface area contributed by atoms with Crippen molar-refractivity contribution in [2.24, 2.45) is 0 Å². The van der Waals surface area contributed by atoms with Crippen LogP contribution in [0.4, 0.5) is 10.5 Å². The van der Waals surface area contributed by atoms with Crippen LogP contribution in [0.1, 0.15) is 20.8 Å². The van der Waals surface area contributed by atoms with Crippen molar-refractivity contribution in [1.29, 1.82) is 0 Å². The molecule has 7 nitrogen and oxygen atoms in total. The quantitative estimate of drug-likeness (QED) is 0.770. The third-order valence-corrected chi connectivity index (χ3v) is 3.57. The third kappa shape index (κ3) is 4.78. The lowest BCUT2D eigenvalue weighted by atomic mass is 10.2. The molecule has 0 unspecified atom stereocenters. The van der Waals surface area contributed by atoms with Crippen molar-refractivity contribution < 1.29 is 26.6 Å². The van der Waals surface area contributed by atoms with E-state index in [-0.39, 0.29) is 0 Å². The first-order chi connectivity index (χ1) is 9.01. The van der Waals surface area contributed by atoms with Gasteiger partial charge in [-0.25, -0.2) is 0 Å². The van der Waals surface area contributed by atoms with Crippen LogP contribution in [0, 0.1) is 0 Å². The molecule has 0 aliphatic carbocycles. The van der Waals surface area contributed by atoms with Crippen LogP contribution in [0.25, 0.3) is 0 Å². The van der Waals surface area contributed by atoms with Crippen molar-refractivity contribution in [1.82, 2.24) is 0 Å². The molecule has 0 saturated heterocycles. The monoisotopic (exact) mass is 303 g/mol. The number of anilines is 1. The van der Waals surface area contributed by atoms with Crippen molar-refractivity contribution >= 4 is 22.0 Å². The molecule has 1 amide bonds. The second-order valence-corrected chi connectivity index (χ2v) is 7.16. The summed E-state index contributed by atoms with van der Waals surface area (Å²) in [7, 11) is -0.179. The summed E-state index contributed by atoms with van der Waals surface area (Å²) in [6.45, 7) is 5.01. The number of hydrogen-bond acceptors (Lipinski definition) is 5. The Morgan fingerprint density at radius 2 is 1.75 bits per heavy atom. The number of ether oxygens (including phenoxy) is 1. The van der Waals surface area contributed by atoms with Gasteiger partial charge in [0, 0.05) is 31.9 Å². The fourth-order valence-corrected chi connectivity index (χ4v) is 2.26. The maximum absolute atomic E-state index is 12.0. The summed E-state index contributed by atoms with van der Waals surface area (Å²) in [6.07, 6.45) is 1.87. The lowest BCUT2D eigenvalue weighted by molar-refractivity contribution is -0.583. The van der Waals surface area contributed by atoms with Gasteiger partial charge >= 0.3 is 16.3 Å². The van der Waals surface area contributed by atoms with Gasteiger partial charge in [0.1, 0.15) is 5.60 Å². The van der Waals surface area contributed by atoms with Gasteiger partial charge in [-0.05, 0) is 24.7 Å². The standard InChI is InChI=1S/C12H19N3O4S/c1-12(2,3)19-11(16)13-20(17,18)15-8-6-10(7-9-15)14(4)5/h6-9H,1-5H3/p+2. The zero-order valence-electron chi connectivity index (χ0n) is 12.3. The van der Waals surface area contributed by atoms with Crippen molar-refractivity contribution in [2.75, 3.05) is 19.0 Å². The average Bonchev–Trinajstić information content (AvgIpc) is 2.25. The molecule has 0 aliphatic rings. The highest BCUT2D eigenvalue weighted by molar-refractivity contribution is 7.78. The smallest absolute Gasteiger partial charge is 0.413 e. The van der Waals surface area contributed by atoms with E-state index in [1.807, 2.05) is 19.0 Å². The molecule has 0 aliphatic heterocycles. The number of carbonyl (C=O) groups is 1. The van der Waals surface area contributed by atoms with Crippen LogP contribution in [-0.2, 0) is 14.9 Å². The van der Waals surface area contributed by atoms with E-state index >= 15 is 0 Å². The number of amides is 1. The molecule has 1 rings (SSSR count). The molecule has 112 valence electrons. The fourth-order valence-electron chi connectivity index (χ4n) is 1.38. The van der Waals surface area contributed by atoms with Crippen LogP contribution >= 0.6 is 0 Å². The topological polar surface area (TPSA) is 84.2 Å². The summed E-state index contributed by atoms with van der Waals surface area (Å²) in [5.74, 6) is 0. The van der Waals surface area contributed by atoms with Gasteiger partial charge in [0.25, 0.3) is 0 Å². The van der Waals surface area contributed by atoms with Gasteiger partial charge in [0.2, 0.25) is 0 Å². The molecule has 0 radical (unpaired) electrons. The number of primary amides is 1. The molecule has 20 heavy (non-hydrogen) atoms. The highest BCUT2D eigenvalue weighted by atomic mass is 32.2. The van der Waals surface area contributed by atoms with Crippen molar-refractivity contribution in [3.63, 3.8) is 0 Å². The summed E-state index contributed by atoms with van der Waals surface area (Å²) in [5, 5.41) is 0. The zero-order valence-corrected chi connectivity index (χ0v) is 13.1. The Morgan fingerprint density at radius 3 is 2.15 bits per heavy atom. The van der Waals surface area contributed by atoms with E-state index in [9.17, 15) is 13.2 Å². The number of quaternary nitrogens is 1. The maximum Gasteiger partial charge on any atom is 0.546 e. The number of nitrogens with zero attached hydrogens (tertiary/aromatic N) is 2. The van der Waals surface area contributed by atoms with E-state index in [4.69, 9.17) is 4.74 Å². The summed E-state index contributed by atoms with van der Waals surface area (Å²) >= 11 is 0. The molecule has 1 heterocycles. The van der Waals surface area contributed by atoms with Gasteiger partial charge in [-0.2, -0.15) is 4.79 Å². The molecule has 0 bridgehead atoms. The van der Waals surface area contributed by atoms with E-state index < -0.39 is 21.9 Å². The third-order valence-electron chi connectivity index (χ3n) is 2.25. The molecule has 1 aromatic rings. The minimum atomic E-state index is -3.88. The molecule has 0 atom stereocenters. The molecule has 0 fully saturated rings. The Balaban J connectivity index is 2.86. The maximum atomic E-state index is 12.0. The lowest BCUT2D eigenvalue weighted by Gasteiger charge is -2.16. The van der Waals surface area contributed by atoms with Crippen molar-refractivity contribution in [3.05, 3.63) is 24.5 Å². The molecule has 0 spiro atoms. The van der Waals surface area contributed by atoms with Crippen LogP contribution in [0.3, 0.4) is 0 Å². The minimum Gasteiger partial charge on any atom is -0.413 e. The molecule has 0 saturated carbocycles. The summed E-state index contributed by atoms with van der Waals surface area (Å²) < 4.78 is 30.5. The van der Waals surface area contributed by atoms with E-state index in [0.29, 0.717) is 4.72 Å². The van der Waals surface area contributed by atoms with E-state index in [1.165, 1.54) is 12.4 Å². The number of hydrogen-bond donors (Lipinski definition) is 1. The number of nitrogens with two attached hydrogens (primary N) is 1. The largest absolute Gasteiger partial charge is 0.546 e. The predicted octanol–water partition coefficient (Wildman–Crippen LogP) is -0.368. The number of carbonyl (C=O) groups excluding carboxylic acids is 1. The van der Waals surface area contributed by atoms with Gasteiger partial charge < -0.3 is 9.64 Å². The van der Waals surface area contributed by atoms with E-state index in [1.54, 1.807) is 32.9 Å². The molecular formula is C12H21N3O4S+2. The fraction of sp³-hybridized carbons (Fsp3) is 0.500. The van der Waals surface area contributed by atoms with E-state index in [0.717, 1.165) is 9.66 Å². The first-order valence-corrected chi connectivity index (χ1v) is 7.53. The number of aromatic nitrogens is 1. The Hall–Kier alpha value is -1.67.